The van der Waals surface area contributed by atoms with Crippen molar-refractivity contribution in [3.8, 4) is 0 Å². The lowest BCUT2D eigenvalue weighted by atomic mass is 9.71. The predicted molar refractivity (Wildman–Crippen MR) is 81.8 cm³/mol. The molecule has 18 heavy (non-hydrogen) atoms. The van der Waals surface area contributed by atoms with Gasteiger partial charge in [0.25, 0.3) is 0 Å². The van der Waals surface area contributed by atoms with E-state index in [2.05, 4.69) is 46.9 Å². The number of rotatable bonds is 5. The summed E-state index contributed by atoms with van der Waals surface area (Å²) in [4.78, 5) is 0. The fraction of sp³-hybridized carbons (Fsp3) is 1.00. The Kier molecular flexibility index (Phi) is 6.17. The summed E-state index contributed by atoms with van der Waals surface area (Å²) in [5.41, 5.74) is 0.256. The minimum atomic E-state index is 0.256. The molecule has 0 amide bonds. The maximum absolute atomic E-state index is 3.67. The molecule has 0 aromatic heterocycles. The summed E-state index contributed by atoms with van der Waals surface area (Å²) in [7, 11) is 0. The predicted octanol–water partition coefficient (Wildman–Crippen LogP) is 4.86. The number of hydrogen-bond donors (Lipinski definition) is 1. The molecule has 0 aromatic rings. The molecule has 1 N–H and O–H groups in total. The van der Waals surface area contributed by atoms with Gasteiger partial charge in [-0.3, -0.25) is 0 Å². The van der Waals surface area contributed by atoms with Gasteiger partial charge in [0.05, 0.1) is 0 Å². The Morgan fingerprint density at radius 1 is 1.17 bits per heavy atom. The van der Waals surface area contributed by atoms with Crippen molar-refractivity contribution in [1.82, 2.24) is 5.32 Å². The standard InChI is InChI=1S/C17H35N/c1-7-15-9-8-10-16(11-15)14(3)13(2)12-18-17(4,5)6/h13-16,18H,7-12H2,1-6H3. The van der Waals surface area contributed by atoms with Crippen LogP contribution in [0.4, 0.5) is 0 Å². The van der Waals surface area contributed by atoms with Gasteiger partial charge in [0.2, 0.25) is 0 Å². The van der Waals surface area contributed by atoms with Crippen LogP contribution in [-0.2, 0) is 0 Å². The van der Waals surface area contributed by atoms with Gasteiger partial charge in [-0.15, -0.1) is 0 Å². The van der Waals surface area contributed by atoms with Crippen LogP contribution in [0.1, 0.15) is 73.6 Å². The fourth-order valence-corrected chi connectivity index (χ4v) is 3.30. The van der Waals surface area contributed by atoms with E-state index in [4.69, 9.17) is 0 Å². The van der Waals surface area contributed by atoms with E-state index < -0.39 is 0 Å². The molecular weight excluding hydrogens is 218 g/mol. The lowest BCUT2D eigenvalue weighted by molar-refractivity contribution is 0.156. The van der Waals surface area contributed by atoms with E-state index in [1.165, 1.54) is 32.1 Å². The first kappa shape index (κ1) is 16.0. The molecule has 0 aliphatic heterocycles. The van der Waals surface area contributed by atoms with Crippen molar-refractivity contribution in [2.24, 2.45) is 23.7 Å². The van der Waals surface area contributed by atoms with Crippen LogP contribution in [-0.4, -0.2) is 12.1 Å². The minimum absolute atomic E-state index is 0.256. The zero-order valence-electron chi connectivity index (χ0n) is 13.6. The molecular formula is C17H35N. The molecule has 0 radical (unpaired) electrons. The summed E-state index contributed by atoms with van der Waals surface area (Å²) < 4.78 is 0. The highest BCUT2D eigenvalue weighted by Crippen LogP contribution is 2.37. The molecule has 1 heteroatoms. The Balaban J connectivity index is 2.40. The molecule has 1 aliphatic carbocycles. The van der Waals surface area contributed by atoms with Crippen LogP contribution in [0.2, 0.25) is 0 Å². The van der Waals surface area contributed by atoms with Crippen molar-refractivity contribution in [2.75, 3.05) is 6.54 Å². The van der Waals surface area contributed by atoms with Crippen molar-refractivity contribution in [3.63, 3.8) is 0 Å². The van der Waals surface area contributed by atoms with Gasteiger partial charge in [-0.05, 0) is 57.4 Å². The Morgan fingerprint density at radius 2 is 1.83 bits per heavy atom. The Bertz CT molecular complexity index is 228. The van der Waals surface area contributed by atoms with Crippen LogP contribution in [0.5, 0.6) is 0 Å². The van der Waals surface area contributed by atoms with E-state index in [0.29, 0.717) is 0 Å². The van der Waals surface area contributed by atoms with Crippen LogP contribution in [0.25, 0.3) is 0 Å². The van der Waals surface area contributed by atoms with E-state index in [1.54, 1.807) is 0 Å². The maximum atomic E-state index is 3.67. The molecule has 0 spiro atoms. The van der Waals surface area contributed by atoms with Gasteiger partial charge in [-0.1, -0.05) is 46.5 Å². The third-order valence-electron chi connectivity index (χ3n) is 5.00. The summed E-state index contributed by atoms with van der Waals surface area (Å²) in [6, 6.07) is 0. The average Bonchev–Trinajstić information content (AvgIpc) is 2.34. The second kappa shape index (κ2) is 6.93. The minimum Gasteiger partial charge on any atom is -0.312 e. The average molecular weight is 253 g/mol. The Hall–Kier alpha value is -0.0400. The third kappa shape index (κ3) is 5.30. The van der Waals surface area contributed by atoms with Gasteiger partial charge in [0, 0.05) is 5.54 Å². The molecule has 1 nitrogen and oxygen atoms in total. The fourth-order valence-electron chi connectivity index (χ4n) is 3.30. The molecule has 4 unspecified atom stereocenters. The van der Waals surface area contributed by atoms with Gasteiger partial charge in [-0.2, -0.15) is 0 Å². The lowest BCUT2D eigenvalue weighted by Gasteiger charge is -2.36. The van der Waals surface area contributed by atoms with Crippen LogP contribution in [0.15, 0.2) is 0 Å². The van der Waals surface area contributed by atoms with E-state index in [9.17, 15) is 0 Å². The monoisotopic (exact) mass is 253 g/mol. The number of nitrogens with one attached hydrogen (secondary N) is 1. The molecule has 1 saturated carbocycles. The SMILES string of the molecule is CCC1CCCC(C(C)C(C)CNC(C)(C)C)C1. The second-order valence-corrected chi connectivity index (χ2v) is 7.67. The highest BCUT2D eigenvalue weighted by molar-refractivity contribution is 4.81. The van der Waals surface area contributed by atoms with E-state index >= 15 is 0 Å². The smallest absolute Gasteiger partial charge is 0.00966 e. The molecule has 0 bridgehead atoms. The van der Waals surface area contributed by atoms with Gasteiger partial charge in [0.1, 0.15) is 0 Å². The summed E-state index contributed by atoms with van der Waals surface area (Å²) >= 11 is 0. The quantitative estimate of drug-likeness (QED) is 0.737. The van der Waals surface area contributed by atoms with Crippen LogP contribution < -0.4 is 5.32 Å². The first-order chi connectivity index (χ1) is 8.33. The van der Waals surface area contributed by atoms with Gasteiger partial charge in [-0.25, -0.2) is 0 Å². The van der Waals surface area contributed by atoms with Crippen LogP contribution in [0, 0.1) is 23.7 Å². The molecule has 0 saturated heterocycles. The van der Waals surface area contributed by atoms with Gasteiger partial charge in [0.15, 0.2) is 0 Å². The number of hydrogen-bond acceptors (Lipinski definition) is 1. The lowest BCUT2D eigenvalue weighted by Crippen LogP contribution is -2.41. The summed E-state index contributed by atoms with van der Waals surface area (Å²) in [6.45, 7) is 15.2. The van der Waals surface area contributed by atoms with Crippen LogP contribution >= 0.6 is 0 Å². The second-order valence-electron chi connectivity index (χ2n) is 7.67. The Morgan fingerprint density at radius 3 is 2.39 bits per heavy atom. The normalized spacial score (nSPS) is 29.0. The summed E-state index contributed by atoms with van der Waals surface area (Å²) in [5, 5.41) is 3.67. The summed E-state index contributed by atoms with van der Waals surface area (Å²) in [6.07, 6.45) is 7.29. The first-order valence-electron chi connectivity index (χ1n) is 8.08. The third-order valence-corrected chi connectivity index (χ3v) is 5.00. The molecule has 1 aliphatic rings. The molecule has 0 aromatic carbocycles. The summed E-state index contributed by atoms with van der Waals surface area (Å²) in [5.74, 6) is 3.65. The largest absolute Gasteiger partial charge is 0.312 e. The molecule has 1 rings (SSSR count). The highest BCUT2D eigenvalue weighted by atomic mass is 14.9. The van der Waals surface area contributed by atoms with E-state index in [-0.39, 0.29) is 5.54 Å². The Labute approximate surface area is 115 Å². The molecule has 1 fully saturated rings. The molecule has 108 valence electrons. The van der Waals surface area contributed by atoms with Crippen molar-refractivity contribution >= 4 is 0 Å². The van der Waals surface area contributed by atoms with Crippen molar-refractivity contribution in [3.05, 3.63) is 0 Å². The first-order valence-corrected chi connectivity index (χ1v) is 8.08. The molecule has 4 atom stereocenters. The van der Waals surface area contributed by atoms with E-state index in [1.807, 2.05) is 0 Å². The van der Waals surface area contributed by atoms with E-state index in [0.717, 1.165) is 30.2 Å². The highest BCUT2D eigenvalue weighted by Gasteiger charge is 2.28. The van der Waals surface area contributed by atoms with Crippen LogP contribution in [0.3, 0.4) is 0 Å². The maximum Gasteiger partial charge on any atom is 0.00966 e. The van der Waals surface area contributed by atoms with Crippen molar-refractivity contribution in [1.29, 1.82) is 0 Å². The van der Waals surface area contributed by atoms with Crippen molar-refractivity contribution < 1.29 is 0 Å². The zero-order valence-corrected chi connectivity index (χ0v) is 13.6. The molecule has 0 heterocycles. The van der Waals surface area contributed by atoms with Crippen molar-refractivity contribution in [2.45, 2.75) is 79.2 Å². The topological polar surface area (TPSA) is 12.0 Å². The van der Waals surface area contributed by atoms with Gasteiger partial charge < -0.3 is 5.32 Å². The zero-order chi connectivity index (χ0) is 13.8. The van der Waals surface area contributed by atoms with Gasteiger partial charge >= 0.3 is 0 Å².